The zero-order valence-electron chi connectivity index (χ0n) is 25.6. The molecule has 0 saturated heterocycles. The summed E-state index contributed by atoms with van der Waals surface area (Å²) in [7, 11) is 0. The lowest BCUT2D eigenvalue weighted by Gasteiger charge is -2.43. The summed E-state index contributed by atoms with van der Waals surface area (Å²) in [6.45, 7) is 5.86. The molecule has 0 spiro atoms. The molecule has 1 aliphatic heterocycles. The standard InChI is InChI=1S/C36H32N4O6/c1-24-4-13-29(14-5-24)38(36(42)21-12-28-9-17-31(18-10-28)40(45)46)34-23-26(3)37(33-22-25(2)6-19-32(33)34)35(41)20-11-27-7-15-30(16-8-27)39(43)44/h4-22,26,34H,23H2,1-3H3/b20-11+,21-12+/t26-,34+/m0/s1. The van der Waals surface area contributed by atoms with Crippen LogP contribution in [0.15, 0.2) is 103 Å². The van der Waals surface area contributed by atoms with E-state index < -0.39 is 15.9 Å². The first-order valence-corrected chi connectivity index (χ1v) is 14.7. The normalized spacial score (nSPS) is 15.9. The molecule has 1 heterocycles. The topological polar surface area (TPSA) is 127 Å². The van der Waals surface area contributed by atoms with E-state index in [4.69, 9.17) is 0 Å². The van der Waals surface area contributed by atoms with Crippen LogP contribution in [0.5, 0.6) is 0 Å². The number of carbonyl (C=O) groups excluding carboxylic acids is 2. The number of nitro groups is 2. The molecule has 5 rings (SSSR count). The quantitative estimate of drug-likeness (QED) is 0.113. The Morgan fingerprint density at radius 1 is 0.761 bits per heavy atom. The number of non-ortho nitro benzene ring substituents is 2. The van der Waals surface area contributed by atoms with Gasteiger partial charge in [-0.1, -0.05) is 29.8 Å². The van der Waals surface area contributed by atoms with Crippen LogP contribution in [0.3, 0.4) is 0 Å². The Hall–Kier alpha value is -5.90. The summed E-state index contributed by atoms with van der Waals surface area (Å²) in [5, 5.41) is 22.0. The predicted octanol–water partition coefficient (Wildman–Crippen LogP) is 7.75. The van der Waals surface area contributed by atoms with Crippen molar-refractivity contribution in [2.45, 2.75) is 39.3 Å². The van der Waals surface area contributed by atoms with Gasteiger partial charge < -0.3 is 9.80 Å². The summed E-state index contributed by atoms with van der Waals surface area (Å²) in [5.41, 5.74) is 5.45. The number of rotatable bonds is 8. The van der Waals surface area contributed by atoms with Gasteiger partial charge in [-0.05, 0) is 104 Å². The Bertz CT molecular complexity index is 1850. The van der Waals surface area contributed by atoms with Gasteiger partial charge in [0, 0.05) is 53.8 Å². The van der Waals surface area contributed by atoms with Gasteiger partial charge in [0.05, 0.1) is 15.9 Å². The molecule has 46 heavy (non-hydrogen) atoms. The Morgan fingerprint density at radius 3 is 1.83 bits per heavy atom. The second-order valence-corrected chi connectivity index (χ2v) is 11.3. The molecule has 10 nitrogen and oxygen atoms in total. The van der Waals surface area contributed by atoms with Crippen molar-refractivity contribution in [2.24, 2.45) is 0 Å². The lowest BCUT2D eigenvalue weighted by Crippen LogP contribution is -2.47. The highest BCUT2D eigenvalue weighted by atomic mass is 16.6. The number of nitrogens with zero attached hydrogens (tertiary/aromatic N) is 4. The van der Waals surface area contributed by atoms with Crippen molar-refractivity contribution in [2.75, 3.05) is 9.80 Å². The molecule has 4 aromatic rings. The molecule has 2 atom stereocenters. The molecule has 0 unspecified atom stereocenters. The zero-order chi connectivity index (χ0) is 33.0. The first kappa shape index (κ1) is 31.5. The lowest BCUT2D eigenvalue weighted by atomic mass is 9.88. The number of benzene rings is 4. The van der Waals surface area contributed by atoms with Crippen molar-refractivity contribution in [3.8, 4) is 0 Å². The molecule has 0 aromatic heterocycles. The molecule has 0 aliphatic carbocycles. The predicted molar refractivity (Wildman–Crippen MR) is 178 cm³/mol. The van der Waals surface area contributed by atoms with Crippen LogP contribution in [0.4, 0.5) is 22.7 Å². The van der Waals surface area contributed by atoms with Gasteiger partial charge in [0.25, 0.3) is 23.2 Å². The highest BCUT2D eigenvalue weighted by Gasteiger charge is 2.38. The average Bonchev–Trinajstić information content (AvgIpc) is 3.04. The van der Waals surface area contributed by atoms with E-state index in [2.05, 4.69) is 0 Å². The molecule has 1 aliphatic rings. The van der Waals surface area contributed by atoms with E-state index in [0.29, 0.717) is 28.9 Å². The van der Waals surface area contributed by atoms with Gasteiger partial charge in [-0.25, -0.2) is 0 Å². The summed E-state index contributed by atoms with van der Waals surface area (Å²) in [5.74, 6) is -0.522. The molecule has 232 valence electrons. The molecule has 2 amide bonds. The van der Waals surface area contributed by atoms with E-state index in [0.717, 1.165) is 16.7 Å². The Labute approximate surface area is 266 Å². The van der Waals surface area contributed by atoms with Gasteiger partial charge in [-0.3, -0.25) is 29.8 Å². The third kappa shape index (κ3) is 6.91. The maximum absolute atomic E-state index is 14.0. The molecule has 0 fully saturated rings. The van der Waals surface area contributed by atoms with Crippen LogP contribution < -0.4 is 9.80 Å². The number of hydrogen-bond donors (Lipinski definition) is 0. The summed E-state index contributed by atoms with van der Waals surface area (Å²) in [6.07, 6.45) is 6.64. The molecular weight excluding hydrogens is 584 g/mol. The van der Waals surface area contributed by atoms with Gasteiger partial charge in [-0.15, -0.1) is 0 Å². The number of hydrogen-bond acceptors (Lipinski definition) is 6. The molecule has 10 heteroatoms. The number of fused-ring (bicyclic) bond motifs is 1. The molecule has 0 bridgehead atoms. The second kappa shape index (κ2) is 13.4. The number of anilines is 2. The van der Waals surface area contributed by atoms with E-state index >= 15 is 0 Å². The smallest absolute Gasteiger partial charge is 0.269 e. The fraction of sp³-hybridized carbons (Fsp3) is 0.167. The SMILES string of the molecule is Cc1ccc(N(C(=O)/C=C/c2ccc([N+](=O)[O-])cc2)[C@@H]2C[C@H](C)N(C(=O)/C=C/c3ccc([N+](=O)[O-])cc3)c3cc(C)ccc32)cc1. The van der Waals surface area contributed by atoms with Crippen molar-refractivity contribution in [1.29, 1.82) is 0 Å². The molecule has 4 aromatic carbocycles. The maximum Gasteiger partial charge on any atom is 0.269 e. The summed E-state index contributed by atoms with van der Waals surface area (Å²) in [4.78, 5) is 52.2. The van der Waals surface area contributed by atoms with Crippen LogP contribution in [-0.2, 0) is 9.59 Å². The minimum absolute atomic E-state index is 0.0289. The highest BCUT2D eigenvalue weighted by Crippen LogP contribution is 2.43. The van der Waals surface area contributed by atoms with Gasteiger partial charge in [0.1, 0.15) is 0 Å². The van der Waals surface area contributed by atoms with Crippen LogP contribution in [-0.4, -0.2) is 27.7 Å². The fourth-order valence-electron chi connectivity index (χ4n) is 5.59. The van der Waals surface area contributed by atoms with Crippen molar-refractivity contribution in [3.05, 3.63) is 151 Å². The van der Waals surface area contributed by atoms with Crippen LogP contribution >= 0.6 is 0 Å². The second-order valence-electron chi connectivity index (χ2n) is 11.3. The fourth-order valence-corrected chi connectivity index (χ4v) is 5.59. The third-order valence-corrected chi connectivity index (χ3v) is 7.95. The highest BCUT2D eigenvalue weighted by molar-refractivity contribution is 6.07. The average molecular weight is 617 g/mol. The van der Waals surface area contributed by atoms with Crippen molar-refractivity contribution < 1.29 is 19.4 Å². The zero-order valence-corrected chi connectivity index (χ0v) is 25.6. The van der Waals surface area contributed by atoms with E-state index in [9.17, 15) is 29.8 Å². The van der Waals surface area contributed by atoms with Crippen molar-refractivity contribution >= 4 is 46.7 Å². The molecule has 0 radical (unpaired) electrons. The molecular formula is C36H32N4O6. The largest absolute Gasteiger partial charge is 0.306 e. The van der Waals surface area contributed by atoms with Gasteiger partial charge in [0.15, 0.2) is 0 Å². The Morgan fingerprint density at radius 2 is 1.28 bits per heavy atom. The van der Waals surface area contributed by atoms with Crippen LogP contribution in [0.25, 0.3) is 12.2 Å². The van der Waals surface area contributed by atoms with Crippen LogP contribution in [0.2, 0.25) is 0 Å². The Kier molecular flexibility index (Phi) is 9.18. The van der Waals surface area contributed by atoms with Gasteiger partial charge >= 0.3 is 0 Å². The van der Waals surface area contributed by atoms with E-state index in [1.807, 2.05) is 63.2 Å². The van der Waals surface area contributed by atoms with E-state index in [-0.39, 0.29) is 29.2 Å². The molecule has 0 saturated carbocycles. The minimum Gasteiger partial charge on any atom is -0.306 e. The number of amides is 2. The summed E-state index contributed by atoms with van der Waals surface area (Å²) >= 11 is 0. The van der Waals surface area contributed by atoms with Crippen molar-refractivity contribution in [3.63, 3.8) is 0 Å². The first-order valence-electron chi connectivity index (χ1n) is 14.7. The number of aryl methyl sites for hydroxylation is 2. The van der Waals surface area contributed by atoms with E-state index in [1.165, 1.54) is 36.4 Å². The third-order valence-electron chi connectivity index (χ3n) is 7.95. The monoisotopic (exact) mass is 616 g/mol. The van der Waals surface area contributed by atoms with Crippen LogP contribution in [0.1, 0.15) is 47.2 Å². The van der Waals surface area contributed by atoms with Gasteiger partial charge in [-0.2, -0.15) is 0 Å². The van der Waals surface area contributed by atoms with Crippen molar-refractivity contribution in [1.82, 2.24) is 0 Å². The summed E-state index contributed by atoms with van der Waals surface area (Å²) in [6, 6.07) is 24.8. The minimum atomic E-state index is -0.472. The lowest BCUT2D eigenvalue weighted by molar-refractivity contribution is -0.385. The Balaban J connectivity index is 1.49. The first-order chi connectivity index (χ1) is 22.0. The number of carbonyl (C=O) groups is 2. The van der Waals surface area contributed by atoms with Gasteiger partial charge in [0.2, 0.25) is 0 Å². The summed E-state index contributed by atoms with van der Waals surface area (Å²) < 4.78 is 0. The van der Waals surface area contributed by atoms with Crippen LogP contribution in [0, 0.1) is 34.1 Å². The number of nitro benzene ring substituents is 2. The molecule has 0 N–H and O–H groups in total. The van der Waals surface area contributed by atoms with E-state index in [1.54, 1.807) is 46.2 Å². The maximum atomic E-state index is 14.0.